The van der Waals surface area contributed by atoms with E-state index in [1.807, 2.05) is 13.0 Å². The Morgan fingerprint density at radius 3 is 2.68 bits per heavy atom. The van der Waals surface area contributed by atoms with E-state index in [0.29, 0.717) is 27.3 Å². The lowest BCUT2D eigenvalue weighted by atomic mass is 10.0. The quantitative estimate of drug-likeness (QED) is 0.569. The summed E-state index contributed by atoms with van der Waals surface area (Å²) in [7, 11) is 0. The van der Waals surface area contributed by atoms with Gasteiger partial charge in [0.05, 0.1) is 27.5 Å². The van der Waals surface area contributed by atoms with Crippen molar-refractivity contribution in [2.45, 2.75) is 6.92 Å². The van der Waals surface area contributed by atoms with E-state index >= 15 is 0 Å². The second kappa shape index (κ2) is 7.13. The topological polar surface area (TPSA) is 62.8 Å². The first-order chi connectivity index (χ1) is 12.0. The number of aliphatic imine (C=N–C) groups is 1. The summed E-state index contributed by atoms with van der Waals surface area (Å²) in [6, 6.07) is 13.7. The van der Waals surface area contributed by atoms with Crippen molar-refractivity contribution in [3.05, 3.63) is 75.5 Å². The van der Waals surface area contributed by atoms with Crippen LogP contribution in [0.3, 0.4) is 0 Å². The molecular weight excluding hydrogens is 361 g/mol. The van der Waals surface area contributed by atoms with Crippen LogP contribution < -0.4 is 0 Å². The first kappa shape index (κ1) is 17.3. The van der Waals surface area contributed by atoms with E-state index in [-0.39, 0.29) is 5.56 Å². The minimum atomic E-state index is -0.958. The number of hydrogen-bond donors (Lipinski definition) is 1. The highest BCUT2D eigenvalue weighted by Gasteiger charge is 2.10. The molecule has 0 unspecified atom stereocenters. The highest BCUT2D eigenvalue weighted by atomic mass is 35.5. The van der Waals surface area contributed by atoms with E-state index in [9.17, 15) is 4.79 Å². The summed E-state index contributed by atoms with van der Waals surface area (Å²) >= 11 is 12.1. The molecule has 0 spiro atoms. The van der Waals surface area contributed by atoms with Crippen LogP contribution in [0.2, 0.25) is 10.0 Å². The van der Waals surface area contributed by atoms with Crippen LogP contribution in [0.1, 0.15) is 21.7 Å². The number of hydrogen-bond acceptors (Lipinski definition) is 3. The molecule has 0 aliphatic carbocycles. The number of carbonyl (C=O) groups is 1. The molecule has 1 aromatic heterocycles. The van der Waals surface area contributed by atoms with Crippen molar-refractivity contribution in [3.8, 4) is 11.3 Å². The third-order valence-electron chi connectivity index (χ3n) is 3.63. The monoisotopic (exact) mass is 373 g/mol. The van der Waals surface area contributed by atoms with Crippen LogP contribution in [-0.2, 0) is 0 Å². The molecule has 0 aliphatic rings. The van der Waals surface area contributed by atoms with Gasteiger partial charge < -0.3 is 9.52 Å². The van der Waals surface area contributed by atoms with Gasteiger partial charge in [-0.2, -0.15) is 0 Å². The molecule has 0 aliphatic heterocycles. The molecule has 6 heteroatoms. The van der Waals surface area contributed by atoms with Gasteiger partial charge in [-0.3, -0.25) is 4.99 Å². The van der Waals surface area contributed by atoms with Gasteiger partial charge in [-0.25, -0.2) is 4.79 Å². The van der Waals surface area contributed by atoms with Crippen molar-refractivity contribution in [3.63, 3.8) is 0 Å². The van der Waals surface area contributed by atoms with Crippen LogP contribution in [0.15, 0.2) is 57.9 Å². The summed E-state index contributed by atoms with van der Waals surface area (Å²) in [5.74, 6) is 0.223. The second-order valence-electron chi connectivity index (χ2n) is 5.37. The summed E-state index contributed by atoms with van der Waals surface area (Å²) in [6.07, 6.45) is 1.56. The molecule has 0 fully saturated rings. The Hall–Kier alpha value is -2.56. The number of aromatic carboxylic acids is 1. The van der Waals surface area contributed by atoms with Gasteiger partial charge in [-0.05, 0) is 48.9 Å². The summed E-state index contributed by atoms with van der Waals surface area (Å²) in [6.45, 7) is 1.84. The van der Waals surface area contributed by atoms with Crippen LogP contribution in [0.4, 0.5) is 5.69 Å². The van der Waals surface area contributed by atoms with Gasteiger partial charge in [0.2, 0.25) is 0 Å². The Kier molecular flexibility index (Phi) is 4.93. The molecule has 3 rings (SSSR count). The average Bonchev–Trinajstić information content (AvgIpc) is 3.04. The maximum atomic E-state index is 11.0. The first-order valence-electron chi connectivity index (χ1n) is 7.38. The van der Waals surface area contributed by atoms with Crippen LogP contribution >= 0.6 is 23.2 Å². The Balaban J connectivity index is 1.87. The fourth-order valence-electron chi connectivity index (χ4n) is 2.37. The molecule has 0 saturated heterocycles. The summed E-state index contributed by atoms with van der Waals surface area (Å²) in [4.78, 5) is 15.3. The number of carboxylic acid groups (broad SMARTS) is 1. The Bertz CT molecular complexity index is 977. The van der Waals surface area contributed by atoms with E-state index < -0.39 is 5.97 Å². The predicted molar refractivity (Wildman–Crippen MR) is 99.6 cm³/mol. The van der Waals surface area contributed by atoms with Crippen molar-refractivity contribution in [2.75, 3.05) is 0 Å². The SMILES string of the molecule is Cc1cc(C(=O)O)ccc1-c1ccc(C=Nc2cccc(Cl)c2Cl)o1. The maximum absolute atomic E-state index is 11.0. The Morgan fingerprint density at radius 2 is 1.96 bits per heavy atom. The smallest absolute Gasteiger partial charge is 0.335 e. The molecule has 0 saturated carbocycles. The van der Waals surface area contributed by atoms with Crippen molar-refractivity contribution in [1.82, 2.24) is 0 Å². The van der Waals surface area contributed by atoms with Crippen LogP contribution in [0, 0.1) is 6.92 Å². The number of nitrogens with zero attached hydrogens (tertiary/aromatic N) is 1. The van der Waals surface area contributed by atoms with Crippen molar-refractivity contribution >= 4 is 41.1 Å². The normalized spacial score (nSPS) is 11.2. The Morgan fingerprint density at radius 1 is 1.16 bits per heavy atom. The highest BCUT2D eigenvalue weighted by molar-refractivity contribution is 6.43. The summed E-state index contributed by atoms with van der Waals surface area (Å²) < 4.78 is 5.77. The van der Waals surface area contributed by atoms with Crippen molar-refractivity contribution in [2.24, 2.45) is 4.99 Å². The lowest BCUT2D eigenvalue weighted by Gasteiger charge is -2.04. The zero-order chi connectivity index (χ0) is 18.0. The van der Waals surface area contributed by atoms with Crippen molar-refractivity contribution in [1.29, 1.82) is 0 Å². The van der Waals surface area contributed by atoms with Gasteiger partial charge in [0.25, 0.3) is 0 Å². The maximum Gasteiger partial charge on any atom is 0.335 e. The molecule has 3 aromatic rings. The number of halogens is 2. The van der Waals surface area contributed by atoms with E-state index in [4.69, 9.17) is 32.7 Å². The first-order valence-corrected chi connectivity index (χ1v) is 8.13. The number of benzene rings is 2. The van der Waals surface area contributed by atoms with Crippen LogP contribution in [-0.4, -0.2) is 17.3 Å². The Labute approximate surface area is 154 Å². The minimum Gasteiger partial charge on any atom is -0.478 e. The fraction of sp³-hybridized carbons (Fsp3) is 0.0526. The lowest BCUT2D eigenvalue weighted by Crippen LogP contribution is -1.96. The van der Waals surface area contributed by atoms with Gasteiger partial charge in [-0.15, -0.1) is 0 Å². The second-order valence-corrected chi connectivity index (χ2v) is 6.15. The largest absolute Gasteiger partial charge is 0.478 e. The molecule has 4 nitrogen and oxygen atoms in total. The van der Waals surface area contributed by atoms with E-state index in [2.05, 4.69) is 4.99 Å². The molecule has 0 radical (unpaired) electrons. The number of furan rings is 1. The lowest BCUT2D eigenvalue weighted by molar-refractivity contribution is 0.0697. The third kappa shape index (κ3) is 3.76. The molecule has 0 amide bonds. The highest BCUT2D eigenvalue weighted by Crippen LogP contribution is 2.32. The summed E-state index contributed by atoms with van der Waals surface area (Å²) in [5, 5.41) is 9.85. The molecule has 0 bridgehead atoms. The third-order valence-corrected chi connectivity index (χ3v) is 4.44. The molecule has 2 aromatic carbocycles. The van der Waals surface area contributed by atoms with Gasteiger partial charge in [0.1, 0.15) is 11.5 Å². The standard InChI is InChI=1S/C19H13Cl2NO3/c1-11-9-12(19(23)24)5-7-14(11)17-8-6-13(25-17)10-22-16-4-2-3-15(20)18(16)21/h2-10H,1H3,(H,23,24). The molecular formula is C19H13Cl2NO3. The van der Waals surface area contributed by atoms with Gasteiger partial charge in [-0.1, -0.05) is 35.3 Å². The minimum absolute atomic E-state index is 0.241. The molecule has 25 heavy (non-hydrogen) atoms. The molecule has 0 atom stereocenters. The van der Waals surface area contributed by atoms with E-state index in [1.165, 1.54) is 0 Å². The fourth-order valence-corrected chi connectivity index (χ4v) is 2.71. The molecule has 1 heterocycles. The van der Waals surface area contributed by atoms with Gasteiger partial charge in [0, 0.05) is 5.56 Å². The van der Waals surface area contributed by atoms with E-state index in [0.717, 1.165) is 11.1 Å². The molecule has 126 valence electrons. The van der Waals surface area contributed by atoms with Gasteiger partial charge >= 0.3 is 5.97 Å². The average molecular weight is 374 g/mol. The number of carboxylic acids is 1. The number of rotatable bonds is 4. The van der Waals surface area contributed by atoms with E-state index in [1.54, 1.807) is 48.7 Å². The zero-order valence-corrected chi connectivity index (χ0v) is 14.7. The summed E-state index contributed by atoms with van der Waals surface area (Å²) in [5.41, 5.74) is 2.43. The van der Waals surface area contributed by atoms with Crippen LogP contribution in [0.5, 0.6) is 0 Å². The molecule has 1 N–H and O–H groups in total. The van der Waals surface area contributed by atoms with Crippen molar-refractivity contribution < 1.29 is 14.3 Å². The predicted octanol–water partition coefficient (Wildman–Crippen LogP) is 6.01. The van der Waals surface area contributed by atoms with Crippen LogP contribution in [0.25, 0.3) is 11.3 Å². The van der Waals surface area contributed by atoms with Gasteiger partial charge in [0.15, 0.2) is 0 Å². The zero-order valence-electron chi connectivity index (χ0n) is 13.2. The number of aryl methyl sites for hydroxylation is 1.